The Hall–Kier alpha value is -1.97. The lowest BCUT2D eigenvalue weighted by Crippen LogP contribution is -2.46. The van der Waals surface area contributed by atoms with Gasteiger partial charge in [-0.3, -0.25) is 4.79 Å². The van der Waals surface area contributed by atoms with E-state index in [9.17, 15) is 13.2 Å². The SMILES string of the molecule is CCn1c(CCC(=O)N2CCNCC2)nc2cc(S(=O)(=O)N(C)C)ccc21. The molecule has 0 aliphatic carbocycles. The second kappa shape index (κ2) is 7.95. The number of carbonyl (C=O) groups is 1. The van der Waals surface area contributed by atoms with E-state index in [1.165, 1.54) is 18.4 Å². The molecular formula is C18H27N5O3S. The summed E-state index contributed by atoms with van der Waals surface area (Å²) >= 11 is 0. The number of imidazole rings is 1. The zero-order valence-electron chi connectivity index (χ0n) is 16.1. The number of nitrogens with one attached hydrogen (secondary N) is 1. The monoisotopic (exact) mass is 393 g/mol. The molecule has 2 aromatic rings. The largest absolute Gasteiger partial charge is 0.340 e. The minimum atomic E-state index is -3.50. The van der Waals surface area contributed by atoms with Crippen LogP contribution in [-0.2, 0) is 27.8 Å². The number of amides is 1. The summed E-state index contributed by atoms with van der Waals surface area (Å²) in [5.41, 5.74) is 1.53. The highest BCUT2D eigenvalue weighted by molar-refractivity contribution is 7.89. The number of piperazine rings is 1. The minimum absolute atomic E-state index is 0.141. The van der Waals surface area contributed by atoms with E-state index in [1.54, 1.807) is 18.2 Å². The zero-order valence-corrected chi connectivity index (χ0v) is 16.9. The second-order valence-electron chi connectivity index (χ2n) is 6.84. The third-order valence-electron chi connectivity index (χ3n) is 4.93. The van der Waals surface area contributed by atoms with Gasteiger partial charge in [-0.05, 0) is 25.1 Å². The normalized spacial score (nSPS) is 15.6. The molecule has 0 bridgehead atoms. The van der Waals surface area contributed by atoms with E-state index >= 15 is 0 Å². The summed E-state index contributed by atoms with van der Waals surface area (Å²) in [7, 11) is -0.479. The Bertz CT molecular complexity index is 930. The zero-order chi connectivity index (χ0) is 19.6. The fraction of sp³-hybridized carbons (Fsp3) is 0.556. The molecule has 1 aliphatic rings. The van der Waals surface area contributed by atoms with Crippen LogP contribution >= 0.6 is 0 Å². The van der Waals surface area contributed by atoms with Crippen LogP contribution in [0.2, 0.25) is 0 Å². The Labute approximate surface area is 160 Å². The van der Waals surface area contributed by atoms with Gasteiger partial charge in [-0.2, -0.15) is 0 Å². The maximum Gasteiger partial charge on any atom is 0.242 e. The van der Waals surface area contributed by atoms with Crippen LogP contribution in [-0.4, -0.2) is 73.4 Å². The molecule has 1 saturated heterocycles. The molecule has 1 aromatic carbocycles. The van der Waals surface area contributed by atoms with Crippen LogP contribution in [0.4, 0.5) is 0 Å². The van der Waals surface area contributed by atoms with E-state index in [1.807, 2.05) is 16.4 Å². The first-order valence-electron chi connectivity index (χ1n) is 9.24. The van der Waals surface area contributed by atoms with E-state index in [0.717, 1.165) is 37.5 Å². The first-order valence-corrected chi connectivity index (χ1v) is 10.7. The highest BCUT2D eigenvalue weighted by Crippen LogP contribution is 2.23. The highest BCUT2D eigenvalue weighted by Gasteiger charge is 2.21. The van der Waals surface area contributed by atoms with Crippen molar-refractivity contribution >= 4 is 27.0 Å². The van der Waals surface area contributed by atoms with Crippen molar-refractivity contribution in [1.29, 1.82) is 0 Å². The van der Waals surface area contributed by atoms with Gasteiger partial charge in [0.05, 0.1) is 15.9 Å². The van der Waals surface area contributed by atoms with Gasteiger partial charge in [0, 0.05) is 59.7 Å². The summed E-state index contributed by atoms with van der Waals surface area (Å²) < 4.78 is 28.0. The first kappa shape index (κ1) is 19.8. The molecule has 8 nitrogen and oxygen atoms in total. The maximum atomic E-state index is 12.4. The van der Waals surface area contributed by atoms with Gasteiger partial charge in [-0.25, -0.2) is 17.7 Å². The van der Waals surface area contributed by atoms with Gasteiger partial charge >= 0.3 is 0 Å². The molecule has 1 amide bonds. The van der Waals surface area contributed by atoms with E-state index in [4.69, 9.17) is 0 Å². The van der Waals surface area contributed by atoms with Crippen molar-refractivity contribution in [2.24, 2.45) is 0 Å². The summed E-state index contributed by atoms with van der Waals surface area (Å²) in [5, 5.41) is 3.24. The number of sulfonamides is 1. The predicted octanol–water partition coefficient (Wildman–Crippen LogP) is 0.671. The van der Waals surface area contributed by atoms with E-state index in [2.05, 4.69) is 10.3 Å². The van der Waals surface area contributed by atoms with E-state index in [0.29, 0.717) is 24.9 Å². The summed E-state index contributed by atoms with van der Waals surface area (Å²) in [5.74, 6) is 0.956. The van der Waals surface area contributed by atoms with Crippen LogP contribution in [0.15, 0.2) is 23.1 Å². The molecule has 1 fully saturated rings. The van der Waals surface area contributed by atoms with Gasteiger partial charge < -0.3 is 14.8 Å². The lowest BCUT2D eigenvalue weighted by molar-refractivity contribution is -0.131. The Morgan fingerprint density at radius 3 is 2.59 bits per heavy atom. The molecule has 0 spiro atoms. The number of hydrogen-bond acceptors (Lipinski definition) is 5. The van der Waals surface area contributed by atoms with Crippen molar-refractivity contribution < 1.29 is 13.2 Å². The van der Waals surface area contributed by atoms with Crippen molar-refractivity contribution in [2.75, 3.05) is 40.3 Å². The maximum absolute atomic E-state index is 12.4. The Kier molecular flexibility index (Phi) is 5.83. The molecule has 0 radical (unpaired) electrons. The van der Waals surface area contributed by atoms with Crippen molar-refractivity contribution in [3.63, 3.8) is 0 Å². The summed E-state index contributed by atoms with van der Waals surface area (Å²) in [6.07, 6.45) is 0.952. The van der Waals surface area contributed by atoms with Gasteiger partial charge in [-0.1, -0.05) is 0 Å². The number of carbonyl (C=O) groups excluding carboxylic acids is 1. The lowest BCUT2D eigenvalue weighted by atomic mass is 10.2. The van der Waals surface area contributed by atoms with Gasteiger partial charge in [0.25, 0.3) is 0 Å². The molecule has 0 unspecified atom stereocenters. The topological polar surface area (TPSA) is 87.5 Å². The van der Waals surface area contributed by atoms with Crippen molar-refractivity contribution in [2.45, 2.75) is 31.2 Å². The average molecular weight is 394 g/mol. The van der Waals surface area contributed by atoms with E-state index in [-0.39, 0.29) is 10.8 Å². The van der Waals surface area contributed by atoms with Crippen molar-refractivity contribution in [3.8, 4) is 0 Å². The molecule has 27 heavy (non-hydrogen) atoms. The Morgan fingerprint density at radius 1 is 1.26 bits per heavy atom. The molecule has 1 aromatic heterocycles. The van der Waals surface area contributed by atoms with Gasteiger partial charge in [-0.15, -0.1) is 0 Å². The standard InChI is InChI=1S/C18H27N5O3S/c1-4-23-16-6-5-14(27(25,26)21(2)3)13-15(16)20-17(23)7-8-18(24)22-11-9-19-10-12-22/h5-6,13,19H,4,7-12H2,1-3H3. The fourth-order valence-electron chi connectivity index (χ4n) is 3.37. The Balaban J connectivity index is 1.84. The number of hydrogen-bond donors (Lipinski definition) is 1. The van der Waals surface area contributed by atoms with Crippen LogP contribution in [0.1, 0.15) is 19.2 Å². The molecular weight excluding hydrogens is 366 g/mol. The smallest absolute Gasteiger partial charge is 0.242 e. The molecule has 0 atom stereocenters. The molecule has 0 saturated carbocycles. The highest BCUT2D eigenvalue weighted by atomic mass is 32.2. The predicted molar refractivity (Wildman–Crippen MR) is 104 cm³/mol. The number of aryl methyl sites for hydroxylation is 2. The average Bonchev–Trinajstić information content (AvgIpc) is 3.03. The number of aromatic nitrogens is 2. The molecule has 9 heteroatoms. The van der Waals surface area contributed by atoms with Crippen molar-refractivity contribution in [1.82, 2.24) is 24.1 Å². The van der Waals surface area contributed by atoms with Crippen LogP contribution < -0.4 is 5.32 Å². The van der Waals surface area contributed by atoms with Crippen LogP contribution in [0.3, 0.4) is 0 Å². The number of rotatable bonds is 6. The third-order valence-corrected chi connectivity index (χ3v) is 6.74. The minimum Gasteiger partial charge on any atom is -0.340 e. The van der Waals surface area contributed by atoms with Gasteiger partial charge in [0.2, 0.25) is 15.9 Å². The van der Waals surface area contributed by atoms with Crippen LogP contribution in [0.5, 0.6) is 0 Å². The van der Waals surface area contributed by atoms with Crippen LogP contribution in [0, 0.1) is 0 Å². The molecule has 1 aliphatic heterocycles. The Morgan fingerprint density at radius 2 is 1.96 bits per heavy atom. The molecule has 2 heterocycles. The van der Waals surface area contributed by atoms with E-state index < -0.39 is 10.0 Å². The van der Waals surface area contributed by atoms with Gasteiger partial charge in [0.15, 0.2) is 0 Å². The fourth-order valence-corrected chi connectivity index (χ4v) is 4.29. The number of nitrogens with zero attached hydrogens (tertiary/aromatic N) is 4. The van der Waals surface area contributed by atoms with Crippen LogP contribution in [0.25, 0.3) is 11.0 Å². The first-order chi connectivity index (χ1) is 12.8. The molecule has 148 valence electrons. The summed E-state index contributed by atoms with van der Waals surface area (Å²) in [6.45, 7) is 5.90. The second-order valence-corrected chi connectivity index (χ2v) is 8.99. The summed E-state index contributed by atoms with van der Waals surface area (Å²) in [4.78, 5) is 19.2. The van der Waals surface area contributed by atoms with Gasteiger partial charge in [0.1, 0.15) is 5.82 Å². The third kappa shape index (κ3) is 3.99. The number of fused-ring (bicyclic) bond motifs is 1. The molecule has 3 rings (SSSR count). The quantitative estimate of drug-likeness (QED) is 0.779. The molecule has 1 N–H and O–H groups in total. The lowest BCUT2D eigenvalue weighted by Gasteiger charge is -2.27. The van der Waals surface area contributed by atoms with Crippen molar-refractivity contribution in [3.05, 3.63) is 24.0 Å². The summed E-state index contributed by atoms with van der Waals surface area (Å²) in [6, 6.07) is 5.02. The number of benzene rings is 1.